The Morgan fingerprint density at radius 1 is 1.11 bits per heavy atom. The molecule has 0 saturated carbocycles. The van der Waals surface area contributed by atoms with Crippen LogP contribution >= 0.6 is 0 Å². The van der Waals surface area contributed by atoms with Gasteiger partial charge in [-0.3, -0.25) is 9.78 Å². The summed E-state index contributed by atoms with van der Waals surface area (Å²) < 4.78 is 12.1. The smallest absolute Gasteiger partial charge is 0.336 e. The normalized spacial score (nSPS) is 15.9. The zero-order valence-electron chi connectivity index (χ0n) is 26.9. The standard InChI is InChI=1S/C34H46N4O5Si/c1-7-42-28-12-8-9-13-29(28)43-27-11-10-15-38(22-27)31-21-35-20-30(36-31)37-32(39)19-25(14-16-44(4,5)6)26-17-23(2)33(34(40)41)24(3)18-26/h8-9,12-13,17-18,20-21,25,27H,7,10-11,14-16,19,22H2,1-6H3,(H,40,41)(H,36,37,39). The molecule has 2 aromatic carbocycles. The third-order valence-electron chi connectivity index (χ3n) is 7.95. The topological polar surface area (TPSA) is 114 Å². The number of benzene rings is 2. The van der Waals surface area contributed by atoms with E-state index in [1.54, 1.807) is 12.4 Å². The van der Waals surface area contributed by atoms with Gasteiger partial charge in [0.15, 0.2) is 17.3 Å². The molecule has 9 nitrogen and oxygen atoms in total. The summed E-state index contributed by atoms with van der Waals surface area (Å²) in [5, 5.41) is 12.6. The van der Waals surface area contributed by atoms with E-state index in [2.05, 4.69) is 34.8 Å². The van der Waals surface area contributed by atoms with Crippen LogP contribution in [0.2, 0.25) is 25.7 Å². The molecule has 2 N–H and O–H groups in total. The number of carboxylic acids is 1. The number of carboxylic acid groups (broad SMARTS) is 1. The molecule has 2 unspecified atom stereocenters. The molecule has 0 spiro atoms. The summed E-state index contributed by atoms with van der Waals surface area (Å²) in [4.78, 5) is 36.4. The van der Waals surface area contributed by atoms with Crippen molar-refractivity contribution < 1.29 is 24.2 Å². The fourth-order valence-electron chi connectivity index (χ4n) is 5.79. The number of para-hydroxylation sites is 2. The Kier molecular flexibility index (Phi) is 11.0. The molecular weight excluding hydrogens is 572 g/mol. The molecule has 4 rings (SSSR count). The van der Waals surface area contributed by atoms with Gasteiger partial charge in [-0.25, -0.2) is 9.78 Å². The molecular formula is C34H46N4O5Si. The van der Waals surface area contributed by atoms with Gasteiger partial charge in [-0.1, -0.05) is 50.0 Å². The summed E-state index contributed by atoms with van der Waals surface area (Å²) in [7, 11) is -1.37. The largest absolute Gasteiger partial charge is 0.490 e. The third-order valence-corrected chi connectivity index (χ3v) is 9.74. The Balaban J connectivity index is 1.45. The highest BCUT2D eigenvalue weighted by Crippen LogP contribution is 2.32. The maximum Gasteiger partial charge on any atom is 0.336 e. The van der Waals surface area contributed by atoms with E-state index in [1.807, 2.05) is 57.2 Å². The highest BCUT2D eigenvalue weighted by atomic mass is 28.3. The van der Waals surface area contributed by atoms with E-state index in [4.69, 9.17) is 14.5 Å². The van der Waals surface area contributed by atoms with Crippen molar-refractivity contribution in [2.75, 3.05) is 29.9 Å². The van der Waals surface area contributed by atoms with E-state index >= 15 is 0 Å². The van der Waals surface area contributed by atoms with E-state index in [9.17, 15) is 14.7 Å². The van der Waals surface area contributed by atoms with Crippen LogP contribution in [-0.4, -0.2) is 60.8 Å². The van der Waals surface area contributed by atoms with Crippen molar-refractivity contribution >= 4 is 31.6 Å². The number of anilines is 2. The van der Waals surface area contributed by atoms with Crippen LogP contribution in [0.1, 0.15) is 65.6 Å². The van der Waals surface area contributed by atoms with Gasteiger partial charge in [-0.15, -0.1) is 0 Å². The molecule has 0 aliphatic carbocycles. The van der Waals surface area contributed by atoms with Gasteiger partial charge in [0.25, 0.3) is 0 Å². The maximum atomic E-state index is 13.4. The number of carbonyl (C=O) groups is 2. The van der Waals surface area contributed by atoms with Gasteiger partial charge < -0.3 is 24.8 Å². The van der Waals surface area contributed by atoms with Crippen molar-refractivity contribution in [3.63, 3.8) is 0 Å². The number of ether oxygens (including phenoxy) is 2. The van der Waals surface area contributed by atoms with Crippen molar-refractivity contribution in [1.29, 1.82) is 0 Å². The summed E-state index contributed by atoms with van der Waals surface area (Å²) in [6.45, 7) is 14.6. The van der Waals surface area contributed by atoms with E-state index in [1.165, 1.54) is 0 Å². The summed E-state index contributed by atoms with van der Waals surface area (Å²) in [6, 6.07) is 12.7. The minimum atomic E-state index is -1.37. The first-order valence-corrected chi connectivity index (χ1v) is 19.2. The Labute approximate surface area is 262 Å². The summed E-state index contributed by atoms with van der Waals surface area (Å²) >= 11 is 0. The molecule has 236 valence electrons. The molecule has 3 aromatic rings. The number of hydrogen-bond donors (Lipinski definition) is 2. The summed E-state index contributed by atoms with van der Waals surface area (Å²) in [5.41, 5.74) is 2.77. The van der Waals surface area contributed by atoms with Crippen LogP contribution in [0.5, 0.6) is 11.5 Å². The Morgan fingerprint density at radius 2 is 1.82 bits per heavy atom. The number of hydrogen-bond acceptors (Lipinski definition) is 7. The molecule has 2 heterocycles. The average Bonchev–Trinajstić information content (AvgIpc) is 2.95. The first-order valence-electron chi connectivity index (χ1n) is 15.5. The molecule has 1 aromatic heterocycles. The second-order valence-electron chi connectivity index (χ2n) is 12.9. The molecule has 2 atom stereocenters. The zero-order valence-corrected chi connectivity index (χ0v) is 27.9. The number of aromatic carboxylic acids is 1. The number of nitrogens with zero attached hydrogens (tertiary/aromatic N) is 3. The fourth-order valence-corrected chi connectivity index (χ4v) is 7.01. The van der Waals surface area contributed by atoms with Crippen molar-refractivity contribution in [2.45, 2.75) is 84.2 Å². The molecule has 1 aliphatic rings. The van der Waals surface area contributed by atoms with Gasteiger partial charge in [-0.2, -0.15) is 0 Å². The molecule has 1 aliphatic heterocycles. The van der Waals surface area contributed by atoms with Crippen molar-refractivity contribution in [3.8, 4) is 11.5 Å². The maximum absolute atomic E-state index is 13.4. The fraction of sp³-hybridized carbons (Fsp3) is 0.471. The Morgan fingerprint density at radius 3 is 2.48 bits per heavy atom. The minimum Gasteiger partial charge on any atom is -0.490 e. The highest BCUT2D eigenvalue weighted by Gasteiger charge is 2.25. The second-order valence-corrected chi connectivity index (χ2v) is 18.5. The Hall–Kier alpha value is -3.92. The lowest BCUT2D eigenvalue weighted by atomic mass is 9.88. The summed E-state index contributed by atoms with van der Waals surface area (Å²) in [6.07, 6.45) is 6.27. The van der Waals surface area contributed by atoms with Gasteiger partial charge >= 0.3 is 5.97 Å². The third kappa shape index (κ3) is 9.04. The van der Waals surface area contributed by atoms with Crippen LogP contribution < -0.4 is 19.7 Å². The lowest BCUT2D eigenvalue weighted by molar-refractivity contribution is -0.116. The molecule has 1 fully saturated rings. The first-order chi connectivity index (χ1) is 20.9. The van der Waals surface area contributed by atoms with E-state index < -0.39 is 14.0 Å². The van der Waals surface area contributed by atoms with Gasteiger partial charge in [-0.05, 0) is 74.8 Å². The van der Waals surface area contributed by atoms with Crippen LogP contribution in [0.15, 0.2) is 48.8 Å². The number of carbonyl (C=O) groups excluding carboxylic acids is 1. The number of piperidine rings is 1. The monoisotopic (exact) mass is 618 g/mol. The molecule has 44 heavy (non-hydrogen) atoms. The van der Waals surface area contributed by atoms with Crippen molar-refractivity contribution in [3.05, 3.63) is 71.0 Å². The van der Waals surface area contributed by atoms with Gasteiger partial charge in [0.2, 0.25) is 5.91 Å². The highest BCUT2D eigenvalue weighted by molar-refractivity contribution is 6.76. The number of nitrogens with one attached hydrogen (secondary N) is 1. The summed E-state index contributed by atoms with van der Waals surface area (Å²) in [5.74, 6) is 1.49. The SMILES string of the molecule is CCOc1ccccc1OC1CCCN(c2cncc(NC(=O)CC(CC[Si](C)(C)C)c3cc(C)c(C(=O)O)c(C)c3)n2)C1. The van der Waals surface area contributed by atoms with Crippen LogP contribution in [0.4, 0.5) is 11.6 Å². The first kappa shape index (κ1) is 33.0. The second kappa shape index (κ2) is 14.7. The zero-order chi connectivity index (χ0) is 31.9. The number of aromatic nitrogens is 2. The van der Waals surface area contributed by atoms with Crippen LogP contribution in [0, 0.1) is 13.8 Å². The predicted octanol–water partition coefficient (Wildman–Crippen LogP) is 7.08. The van der Waals surface area contributed by atoms with Gasteiger partial charge in [0.05, 0.1) is 31.1 Å². The van der Waals surface area contributed by atoms with E-state index in [0.29, 0.717) is 30.4 Å². The molecule has 10 heteroatoms. The minimum absolute atomic E-state index is 0.0299. The molecule has 0 radical (unpaired) electrons. The Bertz CT molecular complexity index is 1430. The molecule has 1 amide bonds. The molecule has 0 bridgehead atoms. The van der Waals surface area contributed by atoms with Gasteiger partial charge in [0.1, 0.15) is 11.9 Å². The number of aryl methyl sites for hydroxylation is 2. The van der Waals surface area contributed by atoms with Crippen molar-refractivity contribution in [1.82, 2.24) is 9.97 Å². The lowest BCUT2D eigenvalue weighted by Gasteiger charge is -2.33. The quantitative estimate of drug-likeness (QED) is 0.195. The van der Waals surface area contributed by atoms with Crippen LogP contribution in [0.25, 0.3) is 0 Å². The number of rotatable bonds is 13. The van der Waals surface area contributed by atoms with E-state index in [-0.39, 0.29) is 24.3 Å². The van der Waals surface area contributed by atoms with E-state index in [0.717, 1.165) is 60.0 Å². The number of amides is 1. The predicted molar refractivity (Wildman–Crippen MR) is 177 cm³/mol. The van der Waals surface area contributed by atoms with Crippen LogP contribution in [-0.2, 0) is 4.79 Å². The van der Waals surface area contributed by atoms with Crippen molar-refractivity contribution in [2.24, 2.45) is 0 Å². The average molecular weight is 619 g/mol. The van der Waals surface area contributed by atoms with Crippen LogP contribution in [0.3, 0.4) is 0 Å². The van der Waals surface area contributed by atoms with Gasteiger partial charge in [0, 0.05) is 21.0 Å². The lowest BCUT2D eigenvalue weighted by Crippen LogP contribution is -2.41. The molecule has 1 saturated heterocycles.